The minimum absolute atomic E-state index is 0.0544. The third-order valence-electron chi connectivity index (χ3n) is 3.27. The van der Waals surface area contributed by atoms with E-state index in [1.807, 2.05) is 37.3 Å². The Labute approximate surface area is 124 Å². The summed E-state index contributed by atoms with van der Waals surface area (Å²) in [6.07, 6.45) is 1.55. The highest BCUT2D eigenvalue weighted by molar-refractivity contribution is 5.75. The molecule has 2 rings (SSSR count). The van der Waals surface area contributed by atoms with Crippen LogP contribution in [-0.4, -0.2) is 38.0 Å². The molecule has 1 amide bonds. The van der Waals surface area contributed by atoms with Crippen LogP contribution in [0.15, 0.2) is 36.5 Å². The Morgan fingerprint density at radius 1 is 1.38 bits per heavy atom. The summed E-state index contributed by atoms with van der Waals surface area (Å²) in [4.78, 5) is 13.8. The highest BCUT2D eigenvalue weighted by Gasteiger charge is 2.14. The van der Waals surface area contributed by atoms with Crippen molar-refractivity contribution >= 4 is 5.91 Å². The van der Waals surface area contributed by atoms with Crippen molar-refractivity contribution in [2.24, 2.45) is 0 Å². The number of carbonyl (C=O) groups excluding carboxylic acids is 1. The van der Waals surface area contributed by atoms with Gasteiger partial charge in [0.1, 0.15) is 12.2 Å². The van der Waals surface area contributed by atoms with Gasteiger partial charge in [0, 0.05) is 13.6 Å². The Hall–Kier alpha value is -2.21. The van der Waals surface area contributed by atoms with Gasteiger partial charge in [0.25, 0.3) is 0 Å². The number of nitrogens with zero attached hydrogens (tertiary/aromatic N) is 4. The van der Waals surface area contributed by atoms with Crippen molar-refractivity contribution in [2.75, 3.05) is 7.05 Å². The lowest BCUT2D eigenvalue weighted by Crippen LogP contribution is -2.30. The molecule has 21 heavy (non-hydrogen) atoms. The lowest BCUT2D eigenvalue weighted by atomic mass is 10.2. The molecule has 0 aliphatic carbocycles. The second-order valence-corrected chi connectivity index (χ2v) is 5.00. The maximum Gasteiger partial charge on any atom is 0.244 e. The summed E-state index contributed by atoms with van der Waals surface area (Å²) in [5.74, 6) is -0.0544. The lowest BCUT2D eigenvalue weighted by Gasteiger charge is -2.17. The Morgan fingerprint density at radius 2 is 2.10 bits per heavy atom. The molecule has 0 spiro atoms. The van der Waals surface area contributed by atoms with Gasteiger partial charge < -0.3 is 10.0 Å². The predicted molar refractivity (Wildman–Crippen MR) is 78.2 cm³/mol. The molecule has 2 aromatic rings. The molecule has 1 unspecified atom stereocenters. The first-order valence-electron chi connectivity index (χ1n) is 6.96. The van der Waals surface area contributed by atoms with Crippen LogP contribution in [0.1, 0.15) is 30.7 Å². The van der Waals surface area contributed by atoms with Gasteiger partial charge in [0.15, 0.2) is 0 Å². The minimum atomic E-state index is -0.629. The van der Waals surface area contributed by atoms with Crippen LogP contribution in [0.3, 0.4) is 0 Å². The van der Waals surface area contributed by atoms with Crippen LogP contribution in [0.5, 0.6) is 0 Å². The standard InChI is InChI=1S/C15H20N4O2/c1-3-14(20)13-10-19(17-16-13)11-15(21)18(2)9-12-7-5-4-6-8-12/h4-8,10,14,20H,3,9,11H2,1-2H3. The third-order valence-corrected chi connectivity index (χ3v) is 3.27. The molecule has 1 atom stereocenters. The average molecular weight is 288 g/mol. The number of carbonyl (C=O) groups is 1. The maximum atomic E-state index is 12.1. The van der Waals surface area contributed by atoms with Crippen molar-refractivity contribution in [2.45, 2.75) is 32.5 Å². The number of likely N-dealkylation sites (N-methyl/N-ethyl adjacent to an activating group) is 1. The molecule has 0 aliphatic heterocycles. The van der Waals surface area contributed by atoms with E-state index in [1.54, 1.807) is 18.1 Å². The molecule has 6 heteroatoms. The molecule has 1 aromatic heterocycles. The zero-order chi connectivity index (χ0) is 15.2. The fourth-order valence-corrected chi connectivity index (χ4v) is 1.96. The highest BCUT2D eigenvalue weighted by Crippen LogP contribution is 2.12. The first kappa shape index (κ1) is 15.2. The molecule has 1 heterocycles. The van der Waals surface area contributed by atoms with Crippen LogP contribution in [-0.2, 0) is 17.9 Å². The molecule has 0 radical (unpaired) electrons. The van der Waals surface area contributed by atoms with Gasteiger partial charge in [-0.15, -0.1) is 5.10 Å². The second kappa shape index (κ2) is 6.99. The third kappa shape index (κ3) is 4.13. The summed E-state index contributed by atoms with van der Waals surface area (Å²) < 4.78 is 1.46. The van der Waals surface area contributed by atoms with Crippen LogP contribution in [0.4, 0.5) is 0 Å². The molecule has 1 N–H and O–H groups in total. The van der Waals surface area contributed by atoms with E-state index in [4.69, 9.17) is 0 Å². The number of benzene rings is 1. The Bertz CT molecular complexity index is 582. The Morgan fingerprint density at radius 3 is 2.76 bits per heavy atom. The second-order valence-electron chi connectivity index (χ2n) is 5.00. The summed E-state index contributed by atoms with van der Waals surface area (Å²) in [6, 6.07) is 9.80. The van der Waals surface area contributed by atoms with Crippen LogP contribution in [0.25, 0.3) is 0 Å². The van der Waals surface area contributed by atoms with E-state index < -0.39 is 6.10 Å². The number of aromatic nitrogens is 3. The van der Waals surface area contributed by atoms with Crippen molar-refractivity contribution in [1.82, 2.24) is 19.9 Å². The van der Waals surface area contributed by atoms with Gasteiger partial charge in [0.05, 0.1) is 12.3 Å². The molecule has 0 aliphatic rings. The van der Waals surface area contributed by atoms with Gasteiger partial charge in [-0.25, -0.2) is 4.68 Å². The van der Waals surface area contributed by atoms with Crippen LogP contribution >= 0.6 is 0 Å². The predicted octanol–water partition coefficient (Wildman–Crippen LogP) is 1.38. The lowest BCUT2D eigenvalue weighted by molar-refractivity contribution is -0.131. The zero-order valence-electron chi connectivity index (χ0n) is 12.3. The van der Waals surface area contributed by atoms with E-state index in [9.17, 15) is 9.90 Å². The largest absolute Gasteiger partial charge is 0.387 e. The molecule has 6 nitrogen and oxygen atoms in total. The quantitative estimate of drug-likeness (QED) is 0.871. The first-order valence-corrected chi connectivity index (χ1v) is 6.96. The van der Waals surface area contributed by atoms with Crippen molar-refractivity contribution in [3.05, 3.63) is 47.8 Å². The summed E-state index contributed by atoms with van der Waals surface area (Å²) in [6.45, 7) is 2.54. The van der Waals surface area contributed by atoms with Gasteiger partial charge in [-0.1, -0.05) is 42.5 Å². The monoisotopic (exact) mass is 288 g/mol. The van der Waals surface area contributed by atoms with Crippen molar-refractivity contribution < 1.29 is 9.90 Å². The molecule has 112 valence electrons. The normalized spacial score (nSPS) is 12.1. The topological polar surface area (TPSA) is 71.2 Å². The summed E-state index contributed by atoms with van der Waals surface area (Å²) >= 11 is 0. The molecule has 1 aromatic carbocycles. The van der Waals surface area contributed by atoms with Crippen LogP contribution < -0.4 is 0 Å². The first-order chi connectivity index (χ1) is 10.1. The fourth-order valence-electron chi connectivity index (χ4n) is 1.96. The summed E-state index contributed by atoms with van der Waals surface area (Å²) in [5, 5.41) is 17.4. The summed E-state index contributed by atoms with van der Waals surface area (Å²) in [5.41, 5.74) is 1.57. The SMILES string of the molecule is CCC(O)c1cn(CC(=O)N(C)Cc2ccccc2)nn1. The number of hydrogen-bond donors (Lipinski definition) is 1. The highest BCUT2D eigenvalue weighted by atomic mass is 16.3. The van der Waals surface area contributed by atoms with E-state index in [1.165, 1.54) is 4.68 Å². The Balaban J connectivity index is 1.93. The molecule has 0 fully saturated rings. The Kier molecular flexibility index (Phi) is 5.05. The fraction of sp³-hybridized carbons (Fsp3) is 0.400. The van der Waals surface area contributed by atoms with Crippen LogP contribution in [0, 0.1) is 0 Å². The number of rotatable bonds is 6. The van der Waals surface area contributed by atoms with Gasteiger partial charge in [-0.3, -0.25) is 4.79 Å². The van der Waals surface area contributed by atoms with E-state index in [2.05, 4.69) is 10.3 Å². The molecule has 0 bridgehead atoms. The van der Waals surface area contributed by atoms with E-state index in [0.717, 1.165) is 5.56 Å². The van der Waals surface area contributed by atoms with Crippen molar-refractivity contribution in [1.29, 1.82) is 0 Å². The maximum absolute atomic E-state index is 12.1. The van der Waals surface area contributed by atoms with Crippen LogP contribution in [0.2, 0.25) is 0 Å². The number of aliphatic hydroxyl groups excluding tert-OH is 1. The molecule has 0 saturated carbocycles. The van der Waals surface area contributed by atoms with Crippen molar-refractivity contribution in [3.8, 4) is 0 Å². The van der Waals surface area contributed by atoms with E-state index >= 15 is 0 Å². The zero-order valence-corrected chi connectivity index (χ0v) is 12.3. The number of amides is 1. The van der Waals surface area contributed by atoms with Gasteiger partial charge in [-0.05, 0) is 12.0 Å². The molecular weight excluding hydrogens is 268 g/mol. The van der Waals surface area contributed by atoms with Gasteiger partial charge >= 0.3 is 0 Å². The smallest absolute Gasteiger partial charge is 0.244 e. The molecular formula is C15H20N4O2. The van der Waals surface area contributed by atoms with Gasteiger partial charge in [-0.2, -0.15) is 0 Å². The number of aliphatic hydroxyl groups is 1. The van der Waals surface area contributed by atoms with E-state index in [0.29, 0.717) is 18.7 Å². The average Bonchev–Trinajstić information content (AvgIpc) is 2.96. The van der Waals surface area contributed by atoms with Gasteiger partial charge in [0.2, 0.25) is 5.91 Å². The number of hydrogen-bond acceptors (Lipinski definition) is 4. The summed E-state index contributed by atoms with van der Waals surface area (Å²) in [7, 11) is 1.76. The minimum Gasteiger partial charge on any atom is -0.387 e. The van der Waals surface area contributed by atoms with Crippen molar-refractivity contribution in [3.63, 3.8) is 0 Å². The molecule has 0 saturated heterocycles. The van der Waals surface area contributed by atoms with E-state index in [-0.39, 0.29) is 12.5 Å².